The van der Waals surface area contributed by atoms with Crippen LogP contribution in [0.15, 0.2) is 46.9 Å². The van der Waals surface area contributed by atoms with E-state index in [-0.39, 0.29) is 5.89 Å². The fourth-order valence-electron chi connectivity index (χ4n) is 3.10. The van der Waals surface area contributed by atoms with Crippen molar-refractivity contribution in [3.8, 4) is 17.2 Å². The quantitative estimate of drug-likeness (QED) is 0.700. The molecule has 134 valence electrons. The van der Waals surface area contributed by atoms with Crippen LogP contribution in [-0.2, 0) is 13.1 Å². The standard InChI is InChI=1S/C20H18F2N2O2/c1-13-18(23-20(26-13)15-8-16(21)10-17(22)9-15)12-24-6-7-25-19-5-3-2-4-14(19)11-24/h2-5,8-10H,6-7,11-12H2,1H3. The summed E-state index contributed by atoms with van der Waals surface area (Å²) in [6.07, 6.45) is 0. The van der Waals surface area contributed by atoms with E-state index in [2.05, 4.69) is 9.88 Å². The number of benzene rings is 2. The summed E-state index contributed by atoms with van der Waals surface area (Å²) in [5.74, 6) is 0.464. The second-order valence-electron chi connectivity index (χ2n) is 6.35. The minimum absolute atomic E-state index is 0.224. The summed E-state index contributed by atoms with van der Waals surface area (Å²) in [5, 5.41) is 0. The van der Waals surface area contributed by atoms with Gasteiger partial charge in [-0.2, -0.15) is 0 Å². The first-order valence-electron chi connectivity index (χ1n) is 8.44. The van der Waals surface area contributed by atoms with Crippen LogP contribution in [0.4, 0.5) is 8.78 Å². The predicted molar refractivity (Wildman–Crippen MR) is 92.6 cm³/mol. The maximum absolute atomic E-state index is 13.4. The number of nitrogens with zero attached hydrogens (tertiary/aromatic N) is 2. The van der Waals surface area contributed by atoms with Crippen molar-refractivity contribution in [2.75, 3.05) is 13.2 Å². The highest BCUT2D eigenvalue weighted by Crippen LogP contribution is 2.26. The molecule has 0 bridgehead atoms. The molecule has 3 aromatic rings. The molecule has 1 aliphatic heterocycles. The van der Waals surface area contributed by atoms with Gasteiger partial charge in [0, 0.05) is 36.8 Å². The Morgan fingerprint density at radius 3 is 2.69 bits per heavy atom. The van der Waals surface area contributed by atoms with Gasteiger partial charge >= 0.3 is 0 Å². The first kappa shape index (κ1) is 16.7. The van der Waals surface area contributed by atoms with Gasteiger partial charge in [-0.05, 0) is 25.1 Å². The van der Waals surface area contributed by atoms with E-state index in [0.29, 0.717) is 24.5 Å². The van der Waals surface area contributed by atoms with Crippen LogP contribution in [0.25, 0.3) is 11.5 Å². The lowest BCUT2D eigenvalue weighted by Crippen LogP contribution is -2.25. The summed E-state index contributed by atoms with van der Waals surface area (Å²) >= 11 is 0. The number of rotatable bonds is 3. The number of halogens is 2. The summed E-state index contributed by atoms with van der Waals surface area (Å²) in [5.41, 5.74) is 2.17. The summed E-state index contributed by atoms with van der Waals surface area (Å²) in [4.78, 5) is 6.68. The molecule has 0 spiro atoms. The van der Waals surface area contributed by atoms with E-state index in [4.69, 9.17) is 9.15 Å². The number of hydrogen-bond donors (Lipinski definition) is 0. The molecule has 1 aromatic heterocycles. The number of ether oxygens (including phenoxy) is 1. The van der Waals surface area contributed by atoms with Crippen molar-refractivity contribution >= 4 is 0 Å². The maximum atomic E-state index is 13.4. The highest BCUT2D eigenvalue weighted by atomic mass is 19.1. The van der Waals surface area contributed by atoms with Crippen LogP contribution in [0, 0.1) is 18.6 Å². The van der Waals surface area contributed by atoms with Crippen molar-refractivity contribution in [3.05, 3.63) is 71.1 Å². The first-order valence-corrected chi connectivity index (χ1v) is 8.44. The topological polar surface area (TPSA) is 38.5 Å². The Morgan fingerprint density at radius 1 is 1.12 bits per heavy atom. The molecule has 1 aliphatic rings. The molecular formula is C20H18F2N2O2. The van der Waals surface area contributed by atoms with Gasteiger partial charge in [0.15, 0.2) is 0 Å². The zero-order valence-electron chi connectivity index (χ0n) is 14.3. The highest BCUT2D eigenvalue weighted by molar-refractivity contribution is 5.53. The highest BCUT2D eigenvalue weighted by Gasteiger charge is 2.19. The van der Waals surface area contributed by atoms with E-state index < -0.39 is 11.6 Å². The summed E-state index contributed by atoms with van der Waals surface area (Å²) in [6, 6.07) is 11.2. The Labute approximate surface area is 150 Å². The Bertz CT molecular complexity index is 919. The normalized spacial score (nSPS) is 14.6. The van der Waals surface area contributed by atoms with Crippen LogP contribution in [0.2, 0.25) is 0 Å². The summed E-state index contributed by atoms with van der Waals surface area (Å²) in [7, 11) is 0. The molecule has 0 saturated carbocycles. The molecule has 0 radical (unpaired) electrons. The molecule has 0 unspecified atom stereocenters. The third-order valence-electron chi connectivity index (χ3n) is 4.41. The predicted octanol–water partition coefficient (Wildman–Crippen LogP) is 4.32. The molecule has 0 aliphatic carbocycles. The molecule has 26 heavy (non-hydrogen) atoms. The molecule has 0 atom stereocenters. The van der Waals surface area contributed by atoms with Gasteiger partial charge in [-0.25, -0.2) is 13.8 Å². The Hall–Kier alpha value is -2.73. The van der Waals surface area contributed by atoms with Crippen LogP contribution in [0.5, 0.6) is 5.75 Å². The molecule has 2 aromatic carbocycles. The second kappa shape index (κ2) is 6.88. The van der Waals surface area contributed by atoms with Crippen LogP contribution < -0.4 is 4.74 Å². The number of oxazole rings is 1. The third-order valence-corrected chi connectivity index (χ3v) is 4.41. The van der Waals surface area contributed by atoms with Crippen LogP contribution in [0.1, 0.15) is 17.0 Å². The van der Waals surface area contributed by atoms with E-state index in [9.17, 15) is 8.78 Å². The molecule has 0 saturated heterocycles. The molecule has 0 N–H and O–H groups in total. The second-order valence-corrected chi connectivity index (χ2v) is 6.35. The SMILES string of the molecule is Cc1oc(-c2cc(F)cc(F)c2)nc1CN1CCOc2ccccc2C1. The van der Waals surface area contributed by atoms with Crippen molar-refractivity contribution < 1.29 is 17.9 Å². The molecule has 4 nitrogen and oxygen atoms in total. The minimum Gasteiger partial charge on any atom is -0.492 e. The number of fused-ring (bicyclic) bond motifs is 1. The zero-order chi connectivity index (χ0) is 18.1. The largest absolute Gasteiger partial charge is 0.492 e. The lowest BCUT2D eigenvalue weighted by atomic mass is 10.2. The fraction of sp³-hybridized carbons (Fsp3) is 0.250. The Kier molecular flexibility index (Phi) is 4.42. The Balaban J connectivity index is 1.56. The van der Waals surface area contributed by atoms with Crippen molar-refractivity contribution in [3.63, 3.8) is 0 Å². The average molecular weight is 356 g/mol. The molecular weight excluding hydrogens is 338 g/mol. The van der Waals surface area contributed by atoms with Gasteiger partial charge in [-0.3, -0.25) is 4.90 Å². The van der Waals surface area contributed by atoms with E-state index in [0.717, 1.165) is 36.2 Å². The fourth-order valence-corrected chi connectivity index (χ4v) is 3.10. The smallest absolute Gasteiger partial charge is 0.226 e. The van der Waals surface area contributed by atoms with Gasteiger partial charge in [0.25, 0.3) is 0 Å². The first-order chi connectivity index (χ1) is 12.6. The molecule has 0 amide bonds. The summed E-state index contributed by atoms with van der Waals surface area (Å²) in [6.45, 7) is 4.47. The van der Waals surface area contributed by atoms with Crippen LogP contribution in [-0.4, -0.2) is 23.0 Å². The lowest BCUT2D eigenvalue weighted by molar-refractivity contribution is 0.217. The molecule has 6 heteroatoms. The van der Waals surface area contributed by atoms with Gasteiger partial charge in [-0.1, -0.05) is 18.2 Å². The number of aromatic nitrogens is 1. The number of hydrogen-bond acceptors (Lipinski definition) is 4. The lowest BCUT2D eigenvalue weighted by Gasteiger charge is -2.17. The van der Waals surface area contributed by atoms with Crippen LogP contribution >= 0.6 is 0 Å². The third kappa shape index (κ3) is 3.46. The monoisotopic (exact) mass is 356 g/mol. The van der Waals surface area contributed by atoms with E-state index in [1.807, 2.05) is 31.2 Å². The maximum Gasteiger partial charge on any atom is 0.226 e. The van der Waals surface area contributed by atoms with Crippen molar-refractivity contribution in [1.29, 1.82) is 0 Å². The molecule has 0 fully saturated rings. The van der Waals surface area contributed by atoms with Crippen molar-refractivity contribution in [1.82, 2.24) is 9.88 Å². The van der Waals surface area contributed by atoms with Crippen molar-refractivity contribution in [2.45, 2.75) is 20.0 Å². The van der Waals surface area contributed by atoms with Gasteiger partial charge in [-0.15, -0.1) is 0 Å². The van der Waals surface area contributed by atoms with Gasteiger partial charge in [0.1, 0.15) is 29.8 Å². The van der Waals surface area contributed by atoms with Crippen molar-refractivity contribution in [2.24, 2.45) is 0 Å². The van der Waals surface area contributed by atoms with Gasteiger partial charge < -0.3 is 9.15 Å². The van der Waals surface area contributed by atoms with Crippen LogP contribution in [0.3, 0.4) is 0 Å². The minimum atomic E-state index is -0.654. The average Bonchev–Trinajstić information content (AvgIpc) is 2.84. The number of para-hydroxylation sites is 1. The van der Waals surface area contributed by atoms with E-state index in [1.165, 1.54) is 12.1 Å². The number of aryl methyl sites for hydroxylation is 1. The zero-order valence-corrected chi connectivity index (χ0v) is 14.3. The Morgan fingerprint density at radius 2 is 1.88 bits per heavy atom. The summed E-state index contributed by atoms with van der Waals surface area (Å²) < 4.78 is 38.3. The van der Waals surface area contributed by atoms with Gasteiger partial charge in [0.05, 0.1) is 5.69 Å². The van der Waals surface area contributed by atoms with E-state index >= 15 is 0 Å². The molecule has 4 rings (SSSR count). The van der Waals surface area contributed by atoms with E-state index in [1.54, 1.807) is 0 Å². The molecule has 2 heterocycles. The van der Waals surface area contributed by atoms with Gasteiger partial charge in [0.2, 0.25) is 5.89 Å².